The van der Waals surface area contributed by atoms with Crippen LogP contribution < -0.4 is 4.80 Å². The van der Waals surface area contributed by atoms with Gasteiger partial charge in [-0.05, 0) is 47.5 Å². The highest BCUT2D eigenvalue weighted by Crippen LogP contribution is 2.23. The van der Waals surface area contributed by atoms with Crippen molar-refractivity contribution in [3.63, 3.8) is 0 Å². The minimum atomic E-state index is -0.312. The van der Waals surface area contributed by atoms with Crippen LogP contribution in [0, 0.1) is 5.82 Å². The predicted octanol–water partition coefficient (Wildman–Crippen LogP) is 5.04. The summed E-state index contributed by atoms with van der Waals surface area (Å²) >= 11 is 1.41. The Labute approximate surface area is 171 Å². The van der Waals surface area contributed by atoms with Gasteiger partial charge in [-0.15, -0.1) is 11.3 Å². The zero-order chi connectivity index (χ0) is 20.1. The molecule has 4 rings (SSSR count). The second kappa shape index (κ2) is 8.67. The average Bonchev–Trinajstić information content (AvgIpc) is 3.15. The van der Waals surface area contributed by atoms with Gasteiger partial charge in [-0.2, -0.15) is 5.10 Å². The minimum Gasteiger partial charge on any atom is -0.508 e. The van der Waals surface area contributed by atoms with E-state index in [-0.39, 0.29) is 11.6 Å². The molecule has 0 saturated heterocycles. The number of phenolic OH excluding ortho intramolecular Hbond substituents is 1. The molecular weight excluding hydrogens is 385 g/mol. The second-order valence-electron chi connectivity index (χ2n) is 6.33. The molecule has 4 aromatic rings. The number of hydrogen-bond donors (Lipinski definition) is 1. The van der Waals surface area contributed by atoms with Crippen molar-refractivity contribution in [3.05, 3.63) is 106 Å². The second-order valence-corrected chi connectivity index (χ2v) is 7.17. The Kier molecular flexibility index (Phi) is 5.63. The standard InChI is InChI=1S/C23H18FN3OS/c24-21-9-5-4-8-20(21)22-16-29-23(25-14-17-6-2-1-3-7-17)27(22)26-15-18-10-12-19(28)13-11-18/h1-13,15-16,28H,14H2. The molecule has 0 saturated carbocycles. The van der Waals surface area contributed by atoms with Gasteiger partial charge in [-0.1, -0.05) is 42.5 Å². The lowest BCUT2D eigenvalue weighted by molar-refractivity contribution is 0.475. The summed E-state index contributed by atoms with van der Waals surface area (Å²) in [6.07, 6.45) is 1.66. The third-order valence-corrected chi connectivity index (χ3v) is 5.14. The van der Waals surface area contributed by atoms with Gasteiger partial charge >= 0.3 is 0 Å². The first-order valence-electron chi connectivity index (χ1n) is 9.04. The van der Waals surface area contributed by atoms with Crippen molar-refractivity contribution >= 4 is 17.6 Å². The van der Waals surface area contributed by atoms with Crippen LogP contribution in [0.2, 0.25) is 0 Å². The molecule has 0 atom stereocenters. The Hall–Kier alpha value is -3.51. The van der Waals surface area contributed by atoms with Crippen LogP contribution in [0.1, 0.15) is 11.1 Å². The number of hydrogen-bond acceptors (Lipinski definition) is 4. The van der Waals surface area contributed by atoms with Crippen LogP contribution in [0.4, 0.5) is 4.39 Å². The fraction of sp³-hybridized carbons (Fsp3) is 0.0435. The van der Waals surface area contributed by atoms with Crippen LogP contribution in [0.5, 0.6) is 5.75 Å². The summed E-state index contributed by atoms with van der Waals surface area (Å²) in [7, 11) is 0. The van der Waals surface area contributed by atoms with Crippen LogP contribution in [0.15, 0.2) is 94.3 Å². The zero-order valence-corrected chi connectivity index (χ0v) is 16.3. The monoisotopic (exact) mass is 403 g/mol. The lowest BCUT2D eigenvalue weighted by atomic mass is 10.1. The first-order chi connectivity index (χ1) is 14.2. The fourth-order valence-corrected chi connectivity index (χ4v) is 3.63. The van der Waals surface area contributed by atoms with Crippen molar-refractivity contribution < 1.29 is 9.50 Å². The molecule has 29 heavy (non-hydrogen) atoms. The molecule has 1 heterocycles. The Bertz CT molecular complexity index is 1190. The number of phenols is 1. The number of rotatable bonds is 5. The van der Waals surface area contributed by atoms with E-state index in [4.69, 9.17) is 0 Å². The van der Waals surface area contributed by atoms with E-state index in [1.807, 2.05) is 35.7 Å². The maximum absolute atomic E-state index is 14.4. The summed E-state index contributed by atoms with van der Waals surface area (Å²) in [5.41, 5.74) is 3.00. The molecule has 4 nitrogen and oxygen atoms in total. The van der Waals surface area contributed by atoms with Gasteiger partial charge in [0.05, 0.1) is 18.5 Å². The van der Waals surface area contributed by atoms with Gasteiger partial charge in [-0.25, -0.2) is 9.07 Å². The van der Waals surface area contributed by atoms with Crippen molar-refractivity contribution in [1.29, 1.82) is 0 Å². The summed E-state index contributed by atoms with van der Waals surface area (Å²) < 4.78 is 16.1. The zero-order valence-electron chi connectivity index (χ0n) is 15.4. The van der Waals surface area contributed by atoms with Crippen molar-refractivity contribution in [3.8, 4) is 17.0 Å². The molecule has 0 radical (unpaired) electrons. The van der Waals surface area contributed by atoms with Crippen LogP contribution in [-0.2, 0) is 6.54 Å². The van der Waals surface area contributed by atoms with E-state index in [1.54, 1.807) is 53.4 Å². The van der Waals surface area contributed by atoms with E-state index >= 15 is 0 Å². The molecule has 0 aliphatic carbocycles. The van der Waals surface area contributed by atoms with Crippen LogP contribution in [0.3, 0.4) is 0 Å². The van der Waals surface area contributed by atoms with Crippen molar-refractivity contribution in [2.45, 2.75) is 6.54 Å². The normalized spacial score (nSPS) is 12.0. The Morgan fingerprint density at radius 1 is 0.931 bits per heavy atom. The quantitative estimate of drug-likeness (QED) is 0.466. The van der Waals surface area contributed by atoms with Gasteiger partial charge < -0.3 is 5.11 Å². The maximum atomic E-state index is 14.4. The number of nitrogens with zero attached hydrogens (tertiary/aromatic N) is 3. The molecule has 0 spiro atoms. The van der Waals surface area contributed by atoms with Gasteiger partial charge in [0, 0.05) is 10.9 Å². The van der Waals surface area contributed by atoms with E-state index < -0.39 is 0 Å². The highest BCUT2D eigenvalue weighted by molar-refractivity contribution is 7.07. The SMILES string of the molecule is Oc1ccc(C=Nn2c(-c3ccccc3F)csc2=NCc2ccccc2)cc1. The fourth-order valence-electron chi connectivity index (χ4n) is 2.80. The number of thiazole rings is 1. The summed E-state index contributed by atoms with van der Waals surface area (Å²) in [5, 5.41) is 15.9. The van der Waals surface area contributed by atoms with E-state index in [0.717, 1.165) is 11.1 Å². The third-order valence-electron chi connectivity index (χ3n) is 4.29. The highest BCUT2D eigenvalue weighted by Gasteiger charge is 2.11. The number of benzene rings is 3. The summed E-state index contributed by atoms with van der Waals surface area (Å²) in [5.74, 6) is -0.121. The van der Waals surface area contributed by atoms with Crippen molar-refractivity contribution in [1.82, 2.24) is 4.68 Å². The molecule has 0 aliphatic heterocycles. The van der Waals surface area contributed by atoms with E-state index in [0.29, 0.717) is 22.6 Å². The van der Waals surface area contributed by atoms with Crippen LogP contribution in [0.25, 0.3) is 11.3 Å². The van der Waals surface area contributed by atoms with Crippen molar-refractivity contribution in [2.24, 2.45) is 10.1 Å². The maximum Gasteiger partial charge on any atom is 0.206 e. The molecule has 1 N–H and O–H groups in total. The number of halogens is 1. The van der Waals surface area contributed by atoms with Crippen LogP contribution >= 0.6 is 11.3 Å². The average molecular weight is 403 g/mol. The van der Waals surface area contributed by atoms with Gasteiger partial charge in [0.1, 0.15) is 11.6 Å². The topological polar surface area (TPSA) is 49.9 Å². The molecule has 144 valence electrons. The molecule has 0 unspecified atom stereocenters. The summed E-state index contributed by atoms with van der Waals surface area (Å²) in [6.45, 7) is 0.507. The molecule has 1 aromatic heterocycles. The molecule has 0 bridgehead atoms. The van der Waals surface area contributed by atoms with Crippen molar-refractivity contribution in [2.75, 3.05) is 0 Å². The Balaban J connectivity index is 1.77. The van der Waals surface area contributed by atoms with E-state index in [1.165, 1.54) is 17.4 Å². The van der Waals surface area contributed by atoms with Gasteiger partial charge in [0.15, 0.2) is 0 Å². The molecule has 3 aromatic carbocycles. The third kappa shape index (κ3) is 4.50. The van der Waals surface area contributed by atoms with Gasteiger partial charge in [-0.3, -0.25) is 4.99 Å². The first kappa shape index (κ1) is 18.8. The van der Waals surface area contributed by atoms with Gasteiger partial charge in [0.25, 0.3) is 0 Å². The van der Waals surface area contributed by atoms with E-state index in [2.05, 4.69) is 10.1 Å². The smallest absolute Gasteiger partial charge is 0.206 e. The molecular formula is C23H18FN3OS. The first-order valence-corrected chi connectivity index (χ1v) is 9.92. The molecule has 0 amide bonds. The van der Waals surface area contributed by atoms with Crippen LogP contribution in [-0.4, -0.2) is 16.0 Å². The molecule has 0 fully saturated rings. The lowest BCUT2D eigenvalue weighted by Crippen LogP contribution is -2.12. The number of aromatic nitrogens is 1. The minimum absolute atomic E-state index is 0.191. The summed E-state index contributed by atoms with van der Waals surface area (Å²) in [4.78, 5) is 5.35. The lowest BCUT2D eigenvalue weighted by Gasteiger charge is -2.05. The Morgan fingerprint density at radius 2 is 1.66 bits per heavy atom. The largest absolute Gasteiger partial charge is 0.508 e. The summed E-state index contributed by atoms with van der Waals surface area (Å²) in [6, 6.07) is 23.3. The molecule has 6 heteroatoms. The van der Waals surface area contributed by atoms with Gasteiger partial charge in [0.2, 0.25) is 4.80 Å². The Morgan fingerprint density at radius 3 is 2.41 bits per heavy atom. The predicted molar refractivity (Wildman–Crippen MR) is 115 cm³/mol. The van der Waals surface area contributed by atoms with E-state index in [9.17, 15) is 9.50 Å². The molecule has 0 aliphatic rings. The number of aromatic hydroxyl groups is 1. The highest BCUT2D eigenvalue weighted by atomic mass is 32.1.